The number of halogens is 3. The molecule has 0 saturated heterocycles. The van der Waals surface area contributed by atoms with Gasteiger partial charge in [-0.05, 0) is 42.4 Å². The number of fused-ring (bicyclic) bond motifs is 1. The zero-order valence-electron chi connectivity index (χ0n) is 11.5. The van der Waals surface area contributed by atoms with Crippen LogP contribution in [0.5, 0.6) is 0 Å². The summed E-state index contributed by atoms with van der Waals surface area (Å²) in [5.41, 5.74) is 8.66. The van der Waals surface area contributed by atoms with Crippen molar-refractivity contribution >= 4 is 0 Å². The van der Waals surface area contributed by atoms with E-state index in [0.29, 0.717) is 6.07 Å². The first kappa shape index (κ1) is 14.1. The smallest absolute Gasteiger partial charge is 0.161 e. The molecular formula is C17H16F3N. The van der Waals surface area contributed by atoms with E-state index in [1.807, 2.05) is 18.2 Å². The Bertz CT molecular complexity index is 669. The predicted octanol–water partition coefficient (Wildman–Crippen LogP) is 3.91. The van der Waals surface area contributed by atoms with E-state index in [4.69, 9.17) is 5.73 Å². The highest BCUT2D eigenvalue weighted by Crippen LogP contribution is 2.34. The van der Waals surface area contributed by atoms with Gasteiger partial charge in [0.1, 0.15) is 5.82 Å². The molecule has 1 aliphatic carbocycles. The predicted molar refractivity (Wildman–Crippen MR) is 75.2 cm³/mol. The van der Waals surface area contributed by atoms with Gasteiger partial charge in [0, 0.05) is 17.7 Å². The maximum Gasteiger partial charge on any atom is 0.161 e. The maximum absolute atomic E-state index is 13.8. The number of nitrogens with two attached hydrogens (primary N) is 1. The molecule has 2 aromatic carbocycles. The van der Waals surface area contributed by atoms with Gasteiger partial charge in [-0.3, -0.25) is 0 Å². The number of benzene rings is 2. The molecule has 0 aliphatic heterocycles. The maximum atomic E-state index is 13.8. The molecule has 4 heteroatoms. The van der Waals surface area contributed by atoms with E-state index in [1.165, 1.54) is 11.1 Å². The van der Waals surface area contributed by atoms with Crippen LogP contribution in [0.15, 0.2) is 36.4 Å². The molecular weight excluding hydrogens is 275 g/mol. The summed E-state index contributed by atoms with van der Waals surface area (Å²) >= 11 is 0. The number of hydrogen-bond acceptors (Lipinski definition) is 1. The number of aryl methyl sites for hydroxylation is 1. The van der Waals surface area contributed by atoms with E-state index in [-0.39, 0.29) is 11.5 Å². The van der Waals surface area contributed by atoms with E-state index in [1.54, 1.807) is 0 Å². The van der Waals surface area contributed by atoms with Gasteiger partial charge in [-0.1, -0.05) is 24.3 Å². The van der Waals surface area contributed by atoms with Crippen LogP contribution in [0.3, 0.4) is 0 Å². The summed E-state index contributed by atoms with van der Waals surface area (Å²) in [6.07, 6.45) is 2.42. The first-order valence-corrected chi connectivity index (χ1v) is 7.03. The van der Waals surface area contributed by atoms with Crippen molar-refractivity contribution in [3.63, 3.8) is 0 Å². The van der Waals surface area contributed by atoms with Crippen LogP contribution < -0.4 is 5.73 Å². The molecule has 3 rings (SSSR count). The van der Waals surface area contributed by atoms with Crippen LogP contribution in [0.1, 0.15) is 29.2 Å². The Morgan fingerprint density at radius 3 is 2.38 bits per heavy atom. The molecule has 0 fully saturated rings. The molecule has 1 aliphatic rings. The lowest BCUT2D eigenvalue weighted by Gasteiger charge is -2.29. The van der Waals surface area contributed by atoms with Crippen LogP contribution in [-0.4, -0.2) is 0 Å². The minimum absolute atomic E-state index is 0.0271. The van der Waals surface area contributed by atoms with Crippen molar-refractivity contribution in [1.29, 1.82) is 0 Å². The van der Waals surface area contributed by atoms with Gasteiger partial charge < -0.3 is 5.73 Å². The molecule has 0 spiro atoms. The third-order valence-electron chi connectivity index (χ3n) is 4.29. The molecule has 110 valence electrons. The molecule has 0 heterocycles. The Morgan fingerprint density at radius 2 is 1.62 bits per heavy atom. The minimum Gasteiger partial charge on any atom is -0.324 e. The van der Waals surface area contributed by atoms with E-state index in [0.717, 1.165) is 25.3 Å². The van der Waals surface area contributed by atoms with E-state index < -0.39 is 23.5 Å². The quantitative estimate of drug-likeness (QED) is 0.834. The molecule has 2 N–H and O–H groups in total. The van der Waals surface area contributed by atoms with Gasteiger partial charge in [0.25, 0.3) is 0 Å². The van der Waals surface area contributed by atoms with Crippen LogP contribution in [0.2, 0.25) is 0 Å². The monoisotopic (exact) mass is 291 g/mol. The lowest BCUT2D eigenvalue weighted by atomic mass is 9.78. The molecule has 0 amide bonds. The fourth-order valence-corrected chi connectivity index (χ4v) is 3.08. The summed E-state index contributed by atoms with van der Waals surface area (Å²) in [7, 11) is 0. The van der Waals surface area contributed by atoms with Crippen LogP contribution in [-0.2, 0) is 12.8 Å². The highest BCUT2D eigenvalue weighted by atomic mass is 19.2. The van der Waals surface area contributed by atoms with E-state index in [2.05, 4.69) is 6.07 Å². The Hall–Kier alpha value is -1.81. The summed E-state index contributed by atoms with van der Waals surface area (Å²) in [6, 6.07) is 8.90. The standard InChI is InChI=1S/C17H16F3N/c18-14-9-16(20)15(19)8-13(14)17(21)12-6-5-10-3-1-2-4-11(10)7-12/h1-4,8-9,12,17H,5-7,21H2. The van der Waals surface area contributed by atoms with Crippen molar-refractivity contribution in [2.45, 2.75) is 25.3 Å². The second kappa shape index (κ2) is 5.53. The van der Waals surface area contributed by atoms with E-state index >= 15 is 0 Å². The van der Waals surface area contributed by atoms with Gasteiger partial charge in [-0.2, -0.15) is 0 Å². The van der Waals surface area contributed by atoms with Crippen LogP contribution in [0.4, 0.5) is 13.2 Å². The highest BCUT2D eigenvalue weighted by molar-refractivity contribution is 5.31. The number of rotatable bonds is 2. The van der Waals surface area contributed by atoms with Crippen molar-refractivity contribution in [3.05, 3.63) is 70.5 Å². The van der Waals surface area contributed by atoms with Crippen LogP contribution in [0.25, 0.3) is 0 Å². The molecule has 0 radical (unpaired) electrons. The first-order chi connectivity index (χ1) is 10.1. The fraction of sp³-hybridized carbons (Fsp3) is 0.294. The van der Waals surface area contributed by atoms with Gasteiger partial charge in [0.15, 0.2) is 11.6 Å². The Morgan fingerprint density at radius 1 is 0.952 bits per heavy atom. The summed E-state index contributed by atoms with van der Waals surface area (Å²) in [5.74, 6) is -2.99. The van der Waals surface area contributed by atoms with Crippen molar-refractivity contribution in [2.75, 3.05) is 0 Å². The highest BCUT2D eigenvalue weighted by Gasteiger charge is 2.27. The molecule has 2 unspecified atom stereocenters. The molecule has 0 saturated carbocycles. The molecule has 1 nitrogen and oxygen atoms in total. The van der Waals surface area contributed by atoms with Gasteiger partial charge in [-0.25, -0.2) is 13.2 Å². The first-order valence-electron chi connectivity index (χ1n) is 7.03. The summed E-state index contributed by atoms with van der Waals surface area (Å²) in [5, 5.41) is 0. The van der Waals surface area contributed by atoms with Crippen molar-refractivity contribution < 1.29 is 13.2 Å². The largest absolute Gasteiger partial charge is 0.324 e. The molecule has 2 atom stereocenters. The Kier molecular flexibility index (Phi) is 3.72. The van der Waals surface area contributed by atoms with Crippen molar-refractivity contribution in [3.8, 4) is 0 Å². The van der Waals surface area contributed by atoms with Gasteiger partial charge in [0.2, 0.25) is 0 Å². The van der Waals surface area contributed by atoms with Crippen LogP contribution in [0, 0.1) is 23.4 Å². The molecule has 0 bridgehead atoms. The number of hydrogen-bond donors (Lipinski definition) is 1. The average molecular weight is 291 g/mol. The van der Waals surface area contributed by atoms with Crippen molar-refractivity contribution in [2.24, 2.45) is 11.7 Å². The average Bonchev–Trinajstić information content (AvgIpc) is 2.50. The Balaban J connectivity index is 1.87. The van der Waals surface area contributed by atoms with E-state index in [9.17, 15) is 13.2 Å². The minimum atomic E-state index is -1.18. The third-order valence-corrected chi connectivity index (χ3v) is 4.29. The van der Waals surface area contributed by atoms with Crippen LogP contribution >= 0.6 is 0 Å². The molecule has 0 aromatic heterocycles. The third kappa shape index (κ3) is 2.68. The lowest BCUT2D eigenvalue weighted by molar-refractivity contribution is 0.369. The van der Waals surface area contributed by atoms with Crippen molar-refractivity contribution in [1.82, 2.24) is 0 Å². The molecule has 21 heavy (non-hydrogen) atoms. The summed E-state index contributed by atoms with van der Waals surface area (Å²) < 4.78 is 40.2. The molecule has 2 aromatic rings. The van der Waals surface area contributed by atoms with Gasteiger partial charge >= 0.3 is 0 Å². The SMILES string of the molecule is NC(c1cc(F)c(F)cc1F)C1CCc2ccccc2C1. The second-order valence-corrected chi connectivity index (χ2v) is 5.59. The normalized spacial score (nSPS) is 19.1. The van der Waals surface area contributed by atoms with Gasteiger partial charge in [-0.15, -0.1) is 0 Å². The summed E-state index contributed by atoms with van der Waals surface area (Å²) in [6.45, 7) is 0. The second-order valence-electron chi connectivity index (χ2n) is 5.59. The topological polar surface area (TPSA) is 26.0 Å². The lowest BCUT2D eigenvalue weighted by Crippen LogP contribution is -2.28. The fourth-order valence-electron chi connectivity index (χ4n) is 3.08. The zero-order chi connectivity index (χ0) is 15.0. The summed E-state index contributed by atoms with van der Waals surface area (Å²) in [4.78, 5) is 0. The zero-order valence-corrected chi connectivity index (χ0v) is 11.5. The Labute approximate surface area is 121 Å². The van der Waals surface area contributed by atoms with Gasteiger partial charge in [0.05, 0.1) is 0 Å².